The molecule has 124 heavy (non-hydrogen) atoms. The van der Waals surface area contributed by atoms with E-state index in [1.165, 1.54) is 70.3 Å². The van der Waals surface area contributed by atoms with Crippen molar-refractivity contribution in [3.63, 3.8) is 0 Å². The van der Waals surface area contributed by atoms with Crippen LogP contribution in [0.3, 0.4) is 0 Å². The number of allylic oxidation sites excluding steroid dienone is 10. The lowest BCUT2D eigenvalue weighted by Crippen LogP contribution is -2.46. The molecule has 20 rings (SSSR count). The number of amides is 6. The number of imide groups is 6. The highest BCUT2D eigenvalue weighted by Gasteiger charge is 2.65. The first-order chi connectivity index (χ1) is 60.3. The number of carbonyl (C=O) groups is 8. The lowest BCUT2D eigenvalue weighted by atomic mass is 9.58. The Labute approximate surface area is 727 Å². The molecule has 4 aromatic carbocycles. The number of hydrogen-bond donors (Lipinski definition) is 0. The van der Waals surface area contributed by atoms with Crippen LogP contribution in [-0.4, -0.2) is 77.1 Å². The summed E-state index contributed by atoms with van der Waals surface area (Å²) >= 11 is 5.87. The molecule has 2 atom stereocenters. The summed E-state index contributed by atoms with van der Waals surface area (Å²) in [6.45, 7) is 2.53. The van der Waals surface area contributed by atoms with Crippen molar-refractivity contribution in [3.8, 4) is 36.4 Å². The SMILES string of the molecule is CC1=C(C#N)C(=O)N(C(=O)OCc2ccccc2)C(=O)/C1=C/c1nc2c(s1)C1=C(c3sc(/C=C4/C(=O)N(C(=O)OCc5ccccc5)C(=O)C(C#N)=C4C)nc3C13CCC(C1CCCC4(C1)C1=C(c5sc(/C=C6\C(=O)c7ccccc7C6=C(C#N)C#N)nc54)C4(CCCCC4)c4nc(/C=C5\C(=O)c6ccccc6C5=C(C#N)C#N)sc41)CC3)C21CCCCC1. The van der Waals surface area contributed by atoms with E-state index in [0.717, 1.165) is 137 Å². The number of ketones is 2. The number of Topliss-reactive ketones (excluding diaryl/α,β-unsaturated/α-hetero) is 2. The number of fused-ring (bicyclic) bond motifs is 18. The molecule has 6 heterocycles. The van der Waals surface area contributed by atoms with Crippen LogP contribution in [0.1, 0.15) is 235 Å². The monoisotopic (exact) mass is 1700 g/mol. The smallest absolute Gasteiger partial charge is 0.424 e. The number of ether oxygens (including phenoxy) is 2. The number of carbonyl (C=O) groups excluding carboxylic acids is 8. The molecular weight excluding hydrogens is 1630 g/mol. The summed E-state index contributed by atoms with van der Waals surface area (Å²) in [5.41, 5.74) is 8.13. The van der Waals surface area contributed by atoms with Crippen LogP contribution < -0.4 is 0 Å². The van der Waals surface area contributed by atoms with Gasteiger partial charge in [-0.2, -0.15) is 41.4 Å². The third-order valence-corrected chi connectivity index (χ3v) is 31.7. The van der Waals surface area contributed by atoms with Gasteiger partial charge in [-0.05, 0) is 170 Å². The first-order valence-electron chi connectivity index (χ1n) is 41.5. The van der Waals surface area contributed by atoms with Gasteiger partial charge in [0, 0.05) is 66.2 Å². The Kier molecular flexibility index (Phi) is 19.1. The van der Waals surface area contributed by atoms with Crippen LogP contribution in [0.4, 0.5) is 9.59 Å². The zero-order valence-corrected chi connectivity index (χ0v) is 70.3. The molecule has 606 valence electrons. The Bertz CT molecular complexity index is 6870. The van der Waals surface area contributed by atoms with E-state index in [0.29, 0.717) is 95.3 Å². The van der Waals surface area contributed by atoms with Crippen LogP contribution in [0, 0.1) is 79.8 Å². The first kappa shape index (κ1) is 78.8. The molecular formula is C98H70N12O10S4. The minimum atomic E-state index is -1.24. The van der Waals surface area contributed by atoms with Gasteiger partial charge in [0.1, 0.15) is 92.0 Å². The number of nitriles is 6. The first-order valence-corrected chi connectivity index (χ1v) is 44.8. The second-order valence-electron chi connectivity index (χ2n) is 33.7. The summed E-state index contributed by atoms with van der Waals surface area (Å²) in [4.78, 5) is 143. The minimum Gasteiger partial charge on any atom is -0.444 e. The normalized spacial score (nSPS) is 23.5. The maximum atomic E-state index is 15.0. The van der Waals surface area contributed by atoms with Crippen molar-refractivity contribution in [1.82, 2.24) is 29.7 Å². The fourth-order valence-electron chi connectivity index (χ4n) is 22.1. The minimum absolute atomic E-state index is 0.0709. The molecule has 26 heteroatoms. The van der Waals surface area contributed by atoms with Crippen LogP contribution in [0.2, 0.25) is 0 Å². The number of benzene rings is 4. The van der Waals surface area contributed by atoms with Gasteiger partial charge in [0.05, 0.1) is 42.3 Å². The van der Waals surface area contributed by atoms with Crippen LogP contribution >= 0.6 is 45.3 Å². The van der Waals surface area contributed by atoms with Crippen molar-refractivity contribution in [2.75, 3.05) is 0 Å². The predicted molar refractivity (Wildman–Crippen MR) is 462 cm³/mol. The number of nitrogens with zero attached hydrogens (tertiary/aromatic N) is 12. The Morgan fingerprint density at radius 1 is 0.403 bits per heavy atom. The molecule has 4 spiro atoms. The number of hydrogen-bond acceptors (Lipinski definition) is 24. The third kappa shape index (κ3) is 11.7. The molecule has 6 amide bonds. The van der Waals surface area contributed by atoms with Gasteiger partial charge in [-0.25, -0.2) is 29.5 Å². The fourth-order valence-corrected chi connectivity index (χ4v) is 27.2. The molecule has 0 bridgehead atoms. The highest BCUT2D eigenvalue weighted by Crippen LogP contribution is 2.74. The molecule has 22 nitrogen and oxygen atoms in total. The average Bonchev–Trinajstić information content (AvgIpc) is 1.50. The summed E-state index contributed by atoms with van der Waals surface area (Å²) in [5, 5.41) is 65.0. The van der Waals surface area contributed by atoms with E-state index in [2.05, 4.69) is 24.3 Å². The van der Waals surface area contributed by atoms with E-state index in [4.69, 9.17) is 29.4 Å². The van der Waals surface area contributed by atoms with Crippen molar-refractivity contribution in [1.29, 1.82) is 31.6 Å². The van der Waals surface area contributed by atoms with E-state index in [1.807, 2.05) is 12.1 Å². The summed E-state index contributed by atoms with van der Waals surface area (Å²) in [6.07, 6.45) is 18.4. The van der Waals surface area contributed by atoms with Gasteiger partial charge in [0.2, 0.25) is 0 Å². The molecule has 4 saturated carbocycles. The molecule has 12 aliphatic rings. The van der Waals surface area contributed by atoms with Gasteiger partial charge in [0.15, 0.2) is 11.6 Å². The summed E-state index contributed by atoms with van der Waals surface area (Å²) < 4.78 is 11.2. The van der Waals surface area contributed by atoms with Gasteiger partial charge in [-0.3, -0.25) is 28.8 Å². The standard InChI is InChI=1S/C98H70N12O10S4/c1-51-63(89(113)109(91(115)67(51)47-103)93(117)119-49-53-20-7-3-8-21-53)38-69-105-85-82(122-69)76-75(95(85)31-15-5-16-32-95)81-87(106-70(121-81)39-64-52(2)68(48-104)92(116)110(90(64)114)94(118)120-50-54-22-9-4-10-23-54)97(76)36-29-55(30-37-97)56-24-19-35-98(42-56)78-77(83-88(98)108-72(123-83)41-66-74(58(45-101)46-102)60-26-12-14-28-62(60)80(66)112)96(33-17-6-18-34-96)86-84(78)124-71(107-86)40-65-73(57(43-99)44-100)59-25-11-13-27-61(59)79(65)111/h3-4,7-14,20-23,25-28,38-41,55-56H,5-6,15-19,24,29-37,42,49-50H2,1-2H3/b63-38+,64-39+,65-40-,66-41-. The van der Waals surface area contributed by atoms with Crippen molar-refractivity contribution >= 4 is 150 Å². The van der Waals surface area contributed by atoms with Gasteiger partial charge in [0.25, 0.3) is 23.6 Å². The van der Waals surface area contributed by atoms with E-state index >= 15 is 0 Å². The zero-order chi connectivity index (χ0) is 85.6. The Morgan fingerprint density at radius 2 is 0.734 bits per heavy atom. The summed E-state index contributed by atoms with van der Waals surface area (Å²) in [5.74, 6) is -4.54. The molecule has 2 aliphatic heterocycles. The fraction of sp³-hybridized carbons (Fsp3) is 0.286. The predicted octanol–water partition coefficient (Wildman–Crippen LogP) is 19.4. The number of thiazole rings is 4. The van der Waals surface area contributed by atoms with Gasteiger partial charge in [-0.1, -0.05) is 161 Å². The van der Waals surface area contributed by atoms with E-state index in [-0.39, 0.29) is 92.3 Å². The quantitative estimate of drug-likeness (QED) is 0.0736. The summed E-state index contributed by atoms with van der Waals surface area (Å²) in [6, 6.07) is 43.8. The zero-order valence-electron chi connectivity index (χ0n) is 67.1. The maximum Gasteiger partial charge on any atom is 0.424 e. The molecule has 0 N–H and O–H groups in total. The number of aromatic nitrogens is 4. The Balaban J connectivity index is 0.713. The lowest BCUT2D eigenvalue weighted by molar-refractivity contribution is -0.140. The van der Waals surface area contributed by atoms with E-state index in [1.54, 1.807) is 133 Å². The Morgan fingerprint density at radius 3 is 1.10 bits per heavy atom. The largest absolute Gasteiger partial charge is 0.444 e. The van der Waals surface area contributed by atoms with Crippen molar-refractivity contribution in [2.45, 2.75) is 164 Å². The van der Waals surface area contributed by atoms with Crippen LogP contribution in [0.5, 0.6) is 0 Å². The van der Waals surface area contributed by atoms with Gasteiger partial charge >= 0.3 is 12.2 Å². The van der Waals surface area contributed by atoms with E-state index < -0.39 is 68.6 Å². The van der Waals surface area contributed by atoms with Crippen molar-refractivity contribution < 1.29 is 47.8 Å². The Hall–Kier alpha value is -13.7. The van der Waals surface area contributed by atoms with Crippen LogP contribution in [-0.2, 0) is 63.5 Å². The van der Waals surface area contributed by atoms with Gasteiger partial charge < -0.3 is 9.47 Å². The highest BCUT2D eigenvalue weighted by molar-refractivity contribution is 7.16. The van der Waals surface area contributed by atoms with Crippen LogP contribution in [0.15, 0.2) is 165 Å². The summed E-state index contributed by atoms with van der Waals surface area (Å²) in [7, 11) is 0. The van der Waals surface area contributed by atoms with Crippen LogP contribution in [0.25, 0.3) is 57.7 Å². The lowest BCUT2D eigenvalue weighted by Gasteiger charge is -2.46. The average molecular weight is 1700 g/mol. The molecule has 10 aliphatic carbocycles. The topological polar surface area (TPSA) is 356 Å². The van der Waals surface area contributed by atoms with Crippen molar-refractivity contribution in [2.24, 2.45) is 11.8 Å². The molecule has 0 radical (unpaired) electrons. The molecule has 4 fully saturated rings. The van der Waals surface area contributed by atoms with E-state index in [9.17, 15) is 69.9 Å². The third-order valence-electron chi connectivity index (χ3n) is 27.7. The molecule has 0 saturated heterocycles. The number of rotatable bonds is 9. The second-order valence-corrected chi connectivity index (χ2v) is 37.8. The molecule has 8 aromatic rings. The maximum absolute atomic E-state index is 15.0. The highest BCUT2D eigenvalue weighted by atomic mass is 32.1. The van der Waals surface area contributed by atoms with Crippen molar-refractivity contribution in [3.05, 3.63) is 261 Å². The molecule has 4 aromatic heterocycles. The van der Waals surface area contributed by atoms with Gasteiger partial charge in [-0.15, -0.1) is 45.3 Å². The molecule has 2 unspecified atom stereocenters. The second kappa shape index (κ2) is 30.1.